The monoisotopic (exact) mass is 398 g/mol. The van der Waals surface area contributed by atoms with E-state index >= 15 is 0 Å². The Morgan fingerprint density at radius 3 is 2.74 bits per heavy atom. The molecular weight excluding hydrogens is 384 g/mol. The number of hydrogen-bond donors (Lipinski definition) is 3. The SMILES string of the molecule is Cc1nc(C(C)NC(=O)c2n[nH]c(C3CC3)c2Br)sc1C(=O)O. The Hall–Kier alpha value is -1.74. The van der Waals surface area contributed by atoms with Crippen LogP contribution in [0.3, 0.4) is 0 Å². The molecule has 0 aliphatic heterocycles. The quantitative estimate of drug-likeness (QED) is 0.717. The Labute approximate surface area is 144 Å². The summed E-state index contributed by atoms with van der Waals surface area (Å²) in [6.45, 7) is 3.41. The fourth-order valence-electron chi connectivity index (χ4n) is 2.26. The third-order valence-corrected chi connectivity index (χ3v) is 5.79. The summed E-state index contributed by atoms with van der Waals surface area (Å²) in [5.41, 5.74) is 1.72. The van der Waals surface area contributed by atoms with Gasteiger partial charge in [-0.25, -0.2) is 9.78 Å². The summed E-state index contributed by atoms with van der Waals surface area (Å²) in [6, 6.07) is -0.396. The molecule has 3 rings (SSSR count). The van der Waals surface area contributed by atoms with Crippen LogP contribution in [-0.4, -0.2) is 32.2 Å². The first kappa shape index (κ1) is 16.1. The zero-order valence-electron chi connectivity index (χ0n) is 12.5. The lowest BCUT2D eigenvalue weighted by Crippen LogP contribution is -2.27. The number of aryl methyl sites for hydroxylation is 1. The minimum absolute atomic E-state index is 0.193. The van der Waals surface area contributed by atoms with Gasteiger partial charge in [-0.15, -0.1) is 11.3 Å². The van der Waals surface area contributed by atoms with Crippen molar-refractivity contribution < 1.29 is 14.7 Å². The van der Waals surface area contributed by atoms with Crippen LogP contribution < -0.4 is 5.32 Å². The van der Waals surface area contributed by atoms with Crippen LogP contribution in [0, 0.1) is 6.92 Å². The second-order valence-electron chi connectivity index (χ2n) is 5.54. The smallest absolute Gasteiger partial charge is 0.347 e. The maximum Gasteiger partial charge on any atom is 0.347 e. The standard InChI is InChI=1S/C14H15BrN4O3S/c1-5-11(14(21)22)23-13(17-5)6(2)16-12(20)10-8(15)9(18-19-10)7-3-4-7/h6-7H,3-4H2,1-2H3,(H,16,20)(H,18,19)(H,21,22). The molecule has 2 heterocycles. The van der Waals surface area contributed by atoms with Crippen LogP contribution in [-0.2, 0) is 0 Å². The molecule has 1 aliphatic rings. The molecule has 122 valence electrons. The Morgan fingerprint density at radius 2 is 2.17 bits per heavy atom. The number of nitrogens with one attached hydrogen (secondary N) is 2. The predicted molar refractivity (Wildman–Crippen MR) is 88.0 cm³/mol. The van der Waals surface area contributed by atoms with Crippen LogP contribution >= 0.6 is 27.3 Å². The summed E-state index contributed by atoms with van der Waals surface area (Å²) in [6.07, 6.45) is 2.21. The maximum absolute atomic E-state index is 12.4. The molecule has 1 unspecified atom stereocenters. The van der Waals surface area contributed by atoms with Crippen LogP contribution in [0.2, 0.25) is 0 Å². The van der Waals surface area contributed by atoms with Crippen LogP contribution in [0.5, 0.6) is 0 Å². The van der Waals surface area contributed by atoms with E-state index in [-0.39, 0.29) is 10.8 Å². The van der Waals surface area contributed by atoms with E-state index in [2.05, 4.69) is 36.4 Å². The highest BCUT2D eigenvalue weighted by molar-refractivity contribution is 9.10. The number of carboxylic acids is 1. The van der Waals surface area contributed by atoms with Gasteiger partial charge in [-0.1, -0.05) is 0 Å². The number of halogens is 1. The molecule has 0 aromatic carbocycles. The van der Waals surface area contributed by atoms with Crippen molar-refractivity contribution in [1.29, 1.82) is 0 Å². The lowest BCUT2D eigenvalue weighted by molar-refractivity contribution is 0.0701. The maximum atomic E-state index is 12.4. The van der Waals surface area contributed by atoms with Crippen molar-refractivity contribution in [2.45, 2.75) is 38.6 Å². The number of amides is 1. The molecule has 3 N–H and O–H groups in total. The van der Waals surface area contributed by atoms with Crippen molar-refractivity contribution in [3.63, 3.8) is 0 Å². The fourth-order valence-corrected chi connectivity index (χ4v) is 3.85. The van der Waals surface area contributed by atoms with Gasteiger partial charge < -0.3 is 10.4 Å². The first-order valence-corrected chi connectivity index (χ1v) is 8.74. The number of nitrogens with zero attached hydrogens (tertiary/aromatic N) is 2. The molecule has 23 heavy (non-hydrogen) atoms. The summed E-state index contributed by atoms with van der Waals surface area (Å²) in [5.74, 6) is -0.873. The van der Waals surface area contributed by atoms with E-state index in [1.165, 1.54) is 0 Å². The number of rotatable bonds is 5. The minimum Gasteiger partial charge on any atom is -0.477 e. The van der Waals surface area contributed by atoms with Gasteiger partial charge in [-0.05, 0) is 42.6 Å². The number of aromatic amines is 1. The molecule has 2 aromatic rings. The summed E-state index contributed by atoms with van der Waals surface area (Å²) >= 11 is 4.50. The number of carbonyl (C=O) groups is 2. The molecule has 2 aromatic heterocycles. The number of aromatic nitrogens is 3. The molecule has 1 fully saturated rings. The summed E-state index contributed by atoms with van der Waals surface area (Å²) < 4.78 is 0.700. The van der Waals surface area contributed by atoms with Crippen molar-refractivity contribution in [1.82, 2.24) is 20.5 Å². The fraction of sp³-hybridized carbons (Fsp3) is 0.429. The molecule has 7 nitrogen and oxygen atoms in total. The minimum atomic E-state index is -1.01. The number of hydrogen-bond acceptors (Lipinski definition) is 5. The van der Waals surface area contributed by atoms with Crippen molar-refractivity contribution in [2.75, 3.05) is 0 Å². The van der Waals surface area contributed by atoms with Gasteiger partial charge >= 0.3 is 5.97 Å². The highest BCUT2D eigenvalue weighted by Crippen LogP contribution is 2.42. The molecule has 1 atom stereocenters. The lowest BCUT2D eigenvalue weighted by Gasteiger charge is -2.10. The second kappa shape index (κ2) is 6.04. The molecular formula is C14H15BrN4O3S. The van der Waals surface area contributed by atoms with Gasteiger partial charge in [-0.3, -0.25) is 9.89 Å². The molecule has 0 bridgehead atoms. The van der Waals surface area contributed by atoms with Gasteiger partial charge in [0.05, 0.1) is 21.9 Å². The third-order valence-electron chi connectivity index (χ3n) is 3.66. The molecule has 1 aliphatic carbocycles. The first-order valence-electron chi connectivity index (χ1n) is 7.13. The summed E-state index contributed by atoms with van der Waals surface area (Å²) in [7, 11) is 0. The number of aromatic carboxylic acids is 1. The predicted octanol–water partition coefficient (Wildman–Crippen LogP) is 3.00. The highest BCUT2D eigenvalue weighted by atomic mass is 79.9. The van der Waals surface area contributed by atoms with Gasteiger partial charge in [-0.2, -0.15) is 5.10 Å². The number of carbonyl (C=O) groups excluding carboxylic acids is 1. The Kier molecular flexibility index (Phi) is 4.24. The zero-order valence-corrected chi connectivity index (χ0v) is 14.9. The van der Waals surface area contributed by atoms with Crippen LogP contribution in [0.15, 0.2) is 4.47 Å². The number of H-pyrrole nitrogens is 1. The van der Waals surface area contributed by atoms with E-state index in [4.69, 9.17) is 5.11 Å². The molecule has 0 radical (unpaired) electrons. The summed E-state index contributed by atoms with van der Waals surface area (Å²) in [5, 5.41) is 19.4. The van der Waals surface area contributed by atoms with Crippen molar-refractivity contribution >= 4 is 39.1 Å². The molecule has 1 saturated carbocycles. The van der Waals surface area contributed by atoms with Gasteiger partial charge in [0.25, 0.3) is 5.91 Å². The van der Waals surface area contributed by atoms with Crippen molar-refractivity contribution in [2.24, 2.45) is 0 Å². The van der Waals surface area contributed by atoms with E-state index in [0.717, 1.165) is 29.9 Å². The van der Waals surface area contributed by atoms with Gasteiger partial charge in [0.1, 0.15) is 9.88 Å². The Bertz CT molecular complexity index is 781. The molecule has 9 heteroatoms. The van der Waals surface area contributed by atoms with E-state index in [1.807, 2.05) is 0 Å². The highest BCUT2D eigenvalue weighted by Gasteiger charge is 2.31. The largest absolute Gasteiger partial charge is 0.477 e. The third kappa shape index (κ3) is 3.16. The van der Waals surface area contributed by atoms with Crippen molar-refractivity contribution in [3.8, 4) is 0 Å². The zero-order chi connectivity index (χ0) is 16.7. The van der Waals surface area contributed by atoms with Crippen LogP contribution in [0.4, 0.5) is 0 Å². The lowest BCUT2D eigenvalue weighted by atomic mass is 10.2. The van der Waals surface area contributed by atoms with E-state index in [9.17, 15) is 9.59 Å². The summed E-state index contributed by atoms with van der Waals surface area (Å²) in [4.78, 5) is 27.9. The van der Waals surface area contributed by atoms with Gasteiger partial charge in [0.15, 0.2) is 5.69 Å². The molecule has 1 amide bonds. The van der Waals surface area contributed by atoms with Gasteiger partial charge in [0, 0.05) is 5.92 Å². The topological polar surface area (TPSA) is 108 Å². The second-order valence-corrected chi connectivity index (χ2v) is 7.36. The van der Waals surface area contributed by atoms with E-state index in [1.54, 1.807) is 13.8 Å². The van der Waals surface area contributed by atoms with Crippen LogP contribution in [0.25, 0.3) is 0 Å². The number of carboxylic acid groups (broad SMARTS) is 1. The number of thiazole rings is 1. The van der Waals surface area contributed by atoms with E-state index in [0.29, 0.717) is 26.8 Å². The van der Waals surface area contributed by atoms with Crippen LogP contribution in [0.1, 0.15) is 68.3 Å². The normalized spacial score (nSPS) is 15.4. The average molecular weight is 399 g/mol. The molecule has 0 saturated heterocycles. The van der Waals surface area contributed by atoms with E-state index < -0.39 is 12.0 Å². The Balaban J connectivity index is 1.74. The average Bonchev–Trinajstić information content (AvgIpc) is 3.13. The first-order chi connectivity index (χ1) is 10.9. The van der Waals surface area contributed by atoms with Gasteiger partial charge in [0.2, 0.25) is 0 Å². The Morgan fingerprint density at radius 1 is 1.48 bits per heavy atom. The van der Waals surface area contributed by atoms with Crippen molar-refractivity contribution in [3.05, 3.63) is 31.4 Å². The molecule has 0 spiro atoms.